The van der Waals surface area contributed by atoms with Gasteiger partial charge in [-0.05, 0) is 243 Å². The van der Waals surface area contributed by atoms with E-state index in [0.29, 0.717) is 58.9 Å². The Kier molecular flexibility index (Phi) is 27.6. The number of methoxy groups -OCH3 is 1. The van der Waals surface area contributed by atoms with Crippen LogP contribution in [0.3, 0.4) is 0 Å². The van der Waals surface area contributed by atoms with Crippen LogP contribution in [0.25, 0.3) is 52.9 Å². The summed E-state index contributed by atoms with van der Waals surface area (Å²) in [4.78, 5) is 59.2. The number of nitro benzene ring substituents is 1. The number of benzene rings is 5. The van der Waals surface area contributed by atoms with E-state index in [1.54, 1.807) is 130 Å². The molecule has 7 N–H and O–H groups in total. The van der Waals surface area contributed by atoms with E-state index in [2.05, 4.69) is 162 Å². The molecule has 0 aliphatic carbocycles. The van der Waals surface area contributed by atoms with Crippen LogP contribution in [0, 0.1) is 21.4 Å². The Balaban J connectivity index is 0.000000127. The largest absolute Gasteiger partial charge is 0.504 e. The number of aliphatic hydroxyl groups is 1. The van der Waals surface area contributed by atoms with E-state index in [9.17, 15) is 15.2 Å². The number of fused-ring (bicyclic) bond motifs is 1. The van der Waals surface area contributed by atoms with Gasteiger partial charge in [0.15, 0.2) is 23.0 Å². The van der Waals surface area contributed by atoms with Crippen molar-refractivity contribution in [3.05, 3.63) is 271 Å². The second-order valence-corrected chi connectivity index (χ2v) is 34.4. The summed E-state index contributed by atoms with van der Waals surface area (Å²) in [5.74, 6) is 4.43. The maximum absolute atomic E-state index is 10.8. The van der Waals surface area contributed by atoms with Crippen molar-refractivity contribution in [2.24, 2.45) is 0 Å². The summed E-state index contributed by atoms with van der Waals surface area (Å²) in [7, 11) is 1.51. The molecule has 0 saturated heterocycles. The highest BCUT2D eigenvalue weighted by Crippen LogP contribution is 2.39. The van der Waals surface area contributed by atoms with Gasteiger partial charge in [0.25, 0.3) is 5.69 Å². The fourth-order valence-electron chi connectivity index (χ4n) is 9.68. The third-order valence-corrected chi connectivity index (χ3v) is 22.9. The fraction of sp³-hybridized carbons (Fsp3) is 0.0533. The minimum Gasteiger partial charge on any atom is -0.504 e. The van der Waals surface area contributed by atoms with E-state index >= 15 is 0 Å². The van der Waals surface area contributed by atoms with Crippen molar-refractivity contribution in [1.82, 2.24) is 49.8 Å². The number of aromatic hydroxyl groups is 1. The number of ether oxygens (including phenoxy) is 3. The quantitative estimate of drug-likeness (QED) is 0.0292. The number of hydrogen-bond acceptors (Lipinski definition) is 28. The summed E-state index contributed by atoms with van der Waals surface area (Å²) < 4.78 is 21.0. The van der Waals surface area contributed by atoms with Gasteiger partial charge in [0, 0.05) is 90.3 Å². The number of hydrogen-bond donors (Lipinski definition) is 7. The highest BCUT2D eigenvalue weighted by molar-refractivity contribution is 9.12. The molecule has 0 fully saturated rings. The third-order valence-electron chi connectivity index (χ3n) is 14.6. The molecule has 11 heterocycles. The third kappa shape index (κ3) is 22.8. The maximum atomic E-state index is 10.8. The van der Waals surface area contributed by atoms with Gasteiger partial charge in [-0.2, -0.15) is 5.26 Å². The number of phenols is 1. The predicted molar refractivity (Wildman–Crippen MR) is 450 cm³/mol. The van der Waals surface area contributed by atoms with Crippen LogP contribution in [0.1, 0.15) is 11.1 Å². The molecular formula is C75H54Br5N17O7S5. The van der Waals surface area contributed by atoms with E-state index < -0.39 is 4.92 Å². The lowest BCUT2D eigenvalue weighted by Gasteiger charge is -2.08. The minimum absolute atomic E-state index is 0.0170. The van der Waals surface area contributed by atoms with Crippen LogP contribution in [-0.4, -0.2) is 85.5 Å². The summed E-state index contributed by atoms with van der Waals surface area (Å²) in [6.45, 7) is 0.423. The topological polar surface area (TPSA) is 324 Å². The molecule has 16 rings (SSSR count). The monoisotopic (exact) mass is 1860 g/mol. The number of thiophene rings is 5. The lowest BCUT2D eigenvalue weighted by molar-refractivity contribution is -0.384. The van der Waals surface area contributed by atoms with Gasteiger partial charge in [-0.25, -0.2) is 49.8 Å². The van der Waals surface area contributed by atoms with Gasteiger partial charge in [0.2, 0.25) is 36.5 Å². The molecule has 0 radical (unpaired) electrons. The molecule has 0 atom stereocenters. The molecule has 109 heavy (non-hydrogen) atoms. The molecule has 5 aromatic carbocycles. The summed E-state index contributed by atoms with van der Waals surface area (Å²) in [5.41, 5.74) is 9.80. The maximum Gasteiger partial charge on any atom is 0.271 e. The predicted octanol–water partition coefficient (Wildman–Crippen LogP) is 22.3. The van der Waals surface area contributed by atoms with Gasteiger partial charge < -0.3 is 51.0 Å². The van der Waals surface area contributed by atoms with Crippen LogP contribution in [0.15, 0.2) is 250 Å². The van der Waals surface area contributed by atoms with Crippen LogP contribution in [0.5, 0.6) is 23.0 Å². The average molecular weight is 1870 g/mol. The second-order valence-electron chi connectivity index (χ2n) is 22.1. The van der Waals surface area contributed by atoms with Crippen LogP contribution >= 0.6 is 136 Å². The Hall–Kier alpha value is -10.6. The first-order chi connectivity index (χ1) is 53.0. The van der Waals surface area contributed by atoms with Gasteiger partial charge in [-0.3, -0.25) is 10.1 Å². The number of nitrogens with one attached hydrogen (secondary N) is 5. The van der Waals surface area contributed by atoms with Gasteiger partial charge in [0.05, 0.1) is 95.5 Å². The van der Waals surface area contributed by atoms with Crippen molar-refractivity contribution in [3.8, 4) is 81.9 Å². The number of aromatic nitrogens is 10. The molecule has 1 aliphatic rings. The average Bonchev–Trinajstić information content (AvgIpc) is 1.83. The van der Waals surface area contributed by atoms with Crippen LogP contribution < -0.4 is 40.8 Å². The number of aliphatic hydroxyl groups excluding tert-OH is 1. The molecule has 0 amide bonds. The van der Waals surface area contributed by atoms with Crippen molar-refractivity contribution in [2.75, 3.05) is 47.1 Å². The number of nitrogens with zero attached hydrogens (tertiary/aromatic N) is 12. The van der Waals surface area contributed by atoms with E-state index in [0.717, 1.165) is 106 Å². The second kappa shape index (κ2) is 38.5. The van der Waals surface area contributed by atoms with E-state index in [-0.39, 0.29) is 24.8 Å². The number of phenolic OH excluding ortho intramolecular Hbond substituents is 1. The van der Waals surface area contributed by atoms with Crippen LogP contribution in [-0.2, 0) is 6.42 Å². The number of halogens is 5. The summed E-state index contributed by atoms with van der Waals surface area (Å²) in [5, 5.41) is 54.0. The van der Waals surface area contributed by atoms with E-state index in [4.69, 9.17) is 24.6 Å². The molecule has 546 valence electrons. The Labute approximate surface area is 685 Å². The van der Waals surface area contributed by atoms with Crippen molar-refractivity contribution < 1.29 is 29.3 Å². The van der Waals surface area contributed by atoms with Crippen LogP contribution in [0.2, 0.25) is 0 Å². The molecule has 0 unspecified atom stereocenters. The van der Waals surface area contributed by atoms with Gasteiger partial charge >= 0.3 is 0 Å². The van der Waals surface area contributed by atoms with Gasteiger partial charge in [-0.15, -0.1) is 56.7 Å². The molecule has 1 aliphatic heterocycles. The Morgan fingerprint density at radius 2 is 0.826 bits per heavy atom. The highest BCUT2D eigenvalue weighted by atomic mass is 79.9. The summed E-state index contributed by atoms with van der Waals surface area (Å²) >= 11 is 25.3. The zero-order valence-electron chi connectivity index (χ0n) is 56.3. The first-order valence-corrected chi connectivity index (χ1v) is 40.1. The van der Waals surface area contributed by atoms with E-state index in [1.807, 2.05) is 146 Å². The molecule has 0 saturated carbocycles. The summed E-state index contributed by atoms with van der Waals surface area (Å²) in [6, 6.07) is 63.4. The Morgan fingerprint density at radius 1 is 0.459 bits per heavy atom. The van der Waals surface area contributed by atoms with Crippen LogP contribution in [0.4, 0.5) is 63.9 Å². The molecule has 34 heteroatoms. The zero-order valence-corrected chi connectivity index (χ0v) is 68.3. The number of rotatable bonds is 19. The minimum atomic E-state index is -0.439. The first kappa shape index (κ1) is 78.0. The molecule has 0 spiro atoms. The van der Waals surface area contributed by atoms with Crippen molar-refractivity contribution >= 4 is 200 Å². The highest BCUT2D eigenvalue weighted by Gasteiger charge is 2.16. The molecule has 24 nitrogen and oxygen atoms in total. The number of non-ortho nitro benzene ring substituents is 1. The van der Waals surface area contributed by atoms with Gasteiger partial charge in [0.1, 0.15) is 0 Å². The van der Waals surface area contributed by atoms with Crippen molar-refractivity contribution in [2.45, 2.75) is 6.42 Å². The van der Waals surface area contributed by atoms with Gasteiger partial charge in [-0.1, -0.05) is 24.3 Å². The molecule has 10 aromatic heterocycles. The number of nitro groups is 1. The molecule has 15 aromatic rings. The summed E-state index contributed by atoms with van der Waals surface area (Å²) in [6.07, 6.45) is 9.22. The SMILES string of the molecule is Brc1ccc(-c2ccnc(Nc3ccc4c(c3)OCO4)n2)s1.COc1ccc(Nc2nccc(-c3ccc(Br)s3)n2)cc1O.N#Cc1cccc(Nc2nccc(-c3ccc(Br)s3)n2)c1.O=[N+]([O-])c1cccc(Nc2nccc(-c3ccc(Br)s3)n2)c1.OCCc1ccc(Nc2nccc(-c3ccc(Br)s3)n2)cc1. The van der Waals surface area contributed by atoms with Crippen molar-refractivity contribution in [3.63, 3.8) is 0 Å². The Bertz CT molecular complexity index is 5650. The van der Waals surface area contributed by atoms with E-state index in [1.165, 1.54) is 19.2 Å². The number of nitriles is 1. The number of anilines is 10. The van der Waals surface area contributed by atoms with Crippen molar-refractivity contribution in [1.29, 1.82) is 5.26 Å². The molecular weight excluding hydrogens is 1810 g/mol. The Morgan fingerprint density at radius 3 is 1.20 bits per heavy atom. The standard InChI is InChI=1S/C16H14BrN3OS.C15H9BrN4S.C15H10BrN3O2S.C15H12BrN3O2S.C14H9BrN4O2S/c17-15-6-5-14(22-15)13-7-9-18-16(20-13)19-12-3-1-11(2-4-12)8-10-21;16-14-5-4-13(21-14)12-6-7-18-15(20-12)19-11-3-1-2-10(8-11)9-17;16-14-4-3-13(22-14)10-5-6-17-15(19-10)18-9-1-2-11-12(7-9)21-8-20-11;1-21-12-3-2-9(8-11(12)20)18-15-17-7-6-10(19-15)13-4-5-14(16)22-13;15-13-5-4-12(22-13)11-6-7-16-14(18-11)17-9-2-1-3-10(8-9)19(20)21/h1-7,9,21H,8,10H2,(H,18,19,20);1-8H,(H,18,19,20);1-7H,8H2,(H,17,18,19);2-8,20H,1H3,(H,17,18,19);1-8H,(H,16,17,18). The smallest absolute Gasteiger partial charge is 0.271 e. The normalized spacial score (nSPS) is 10.8. The zero-order chi connectivity index (χ0) is 76.0. The first-order valence-electron chi connectivity index (χ1n) is 32.0. The lowest BCUT2D eigenvalue weighted by atomic mass is 10.1. The molecule has 0 bridgehead atoms. The lowest BCUT2D eigenvalue weighted by Crippen LogP contribution is -1.98. The fourth-order valence-corrected chi connectivity index (χ4v) is 16.5.